The molecule has 0 spiro atoms. The molecule has 1 aromatic rings. The molecule has 0 radical (unpaired) electrons. The third kappa shape index (κ3) is 5.21. The highest BCUT2D eigenvalue weighted by atomic mass is 19.4. The molecular weight excluding hydrogens is 337 g/mol. The average molecular weight is 360 g/mol. The summed E-state index contributed by atoms with van der Waals surface area (Å²) >= 11 is 0. The van der Waals surface area contributed by atoms with E-state index in [0.29, 0.717) is 12.0 Å². The summed E-state index contributed by atoms with van der Waals surface area (Å²) in [5.74, 6) is -1.35. The summed E-state index contributed by atoms with van der Waals surface area (Å²) in [6.07, 6.45) is -3.34. The maximum atomic E-state index is 12.5. The molecule has 140 valence electrons. The molecule has 1 aromatic carbocycles. The molecule has 7 heteroatoms. The first-order valence-electron chi connectivity index (χ1n) is 8.21. The van der Waals surface area contributed by atoms with E-state index < -0.39 is 29.1 Å². The van der Waals surface area contributed by atoms with E-state index in [1.165, 1.54) is 12.1 Å². The molecule has 0 aliphatic rings. The number of halogens is 3. The lowest BCUT2D eigenvalue weighted by atomic mass is 9.82. The molecule has 0 amide bonds. The highest BCUT2D eigenvalue weighted by molar-refractivity contribution is 5.99. The van der Waals surface area contributed by atoms with Crippen molar-refractivity contribution in [3.8, 4) is 0 Å². The summed E-state index contributed by atoms with van der Waals surface area (Å²) in [4.78, 5) is 24.7. The topological polar surface area (TPSA) is 52.6 Å². The standard InChI is InChI=1S/C18H23F3O4/c1-4-11-24-15(22)17(5-2,6-3)16(23)25-12-13-7-9-14(10-8-13)18(19,20)21/h7-10H,4-6,11-12H2,1-3H3. The van der Waals surface area contributed by atoms with Crippen LogP contribution in [0.25, 0.3) is 0 Å². The minimum atomic E-state index is -4.42. The van der Waals surface area contributed by atoms with Gasteiger partial charge < -0.3 is 9.47 Å². The molecule has 0 N–H and O–H groups in total. The third-order valence-electron chi connectivity index (χ3n) is 4.08. The van der Waals surface area contributed by atoms with E-state index in [1.807, 2.05) is 6.92 Å². The molecule has 0 saturated heterocycles. The predicted octanol–water partition coefficient (Wildman–Crippen LogP) is 4.51. The molecule has 4 nitrogen and oxygen atoms in total. The molecule has 0 atom stereocenters. The summed E-state index contributed by atoms with van der Waals surface area (Å²) < 4.78 is 47.9. The number of carbonyl (C=O) groups excluding carboxylic acids is 2. The van der Waals surface area contributed by atoms with Crippen LogP contribution in [0.3, 0.4) is 0 Å². The van der Waals surface area contributed by atoms with Gasteiger partial charge in [0.05, 0.1) is 12.2 Å². The monoisotopic (exact) mass is 360 g/mol. The number of rotatable bonds is 8. The predicted molar refractivity (Wildman–Crippen MR) is 85.5 cm³/mol. The van der Waals surface area contributed by atoms with Gasteiger partial charge in [0.15, 0.2) is 5.41 Å². The lowest BCUT2D eigenvalue weighted by molar-refractivity contribution is -0.174. The molecule has 0 fully saturated rings. The quantitative estimate of drug-likeness (QED) is 0.506. The van der Waals surface area contributed by atoms with E-state index in [-0.39, 0.29) is 26.1 Å². The van der Waals surface area contributed by atoms with Crippen molar-refractivity contribution in [3.05, 3.63) is 35.4 Å². The second kappa shape index (κ2) is 8.87. The van der Waals surface area contributed by atoms with E-state index in [4.69, 9.17) is 9.47 Å². The van der Waals surface area contributed by atoms with Crippen molar-refractivity contribution in [2.75, 3.05) is 6.61 Å². The number of esters is 2. The average Bonchev–Trinajstić information content (AvgIpc) is 2.59. The van der Waals surface area contributed by atoms with Crippen LogP contribution in [0.2, 0.25) is 0 Å². The van der Waals surface area contributed by atoms with Crippen molar-refractivity contribution in [1.29, 1.82) is 0 Å². The first kappa shape index (κ1) is 21.0. The normalized spacial score (nSPS) is 11.9. The van der Waals surface area contributed by atoms with E-state index in [9.17, 15) is 22.8 Å². The number of carbonyl (C=O) groups is 2. The molecular formula is C18H23F3O4. The maximum absolute atomic E-state index is 12.5. The lowest BCUT2D eigenvalue weighted by Gasteiger charge is -2.26. The van der Waals surface area contributed by atoms with Crippen LogP contribution in [0.5, 0.6) is 0 Å². The molecule has 0 aliphatic carbocycles. The van der Waals surface area contributed by atoms with Crippen molar-refractivity contribution in [2.24, 2.45) is 5.41 Å². The summed E-state index contributed by atoms with van der Waals surface area (Å²) in [5.41, 5.74) is -1.76. The van der Waals surface area contributed by atoms with Crippen molar-refractivity contribution < 1.29 is 32.2 Å². The van der Waals surface area contributed by atoms with E-state index in [2.05, 4.69) is 0 Å². The zero-order chi connectivity index (χ0) is 19.1. The van der Waals surface area contributed by atoms with Crippen molar-refractivity contribution in [3.63, 3.8) is 0 Å². The van der Waals surface area contributed by atoms with Gasteiger partial charge in [-0.15, -0.1) is 0 Å². The zero-order valence-electron chi connectivity index (χ0n) is 14.6. The minimum absolute atomic E-state index is 0.209. The van der Waals surface area contributed by atoms with Crippen LogP contribution in [0.4, 0.5) is 13.2 Å². The van der Waals surface area contributed by atoms with Gasteiger partial charge in [0.25, 0.3) is 0 Å². The van der Waals surface area contributed by atoms with E-state index >= 15 is 0 Å². The van der Waals surface area contributed by atoms with Crippen LogP contribution in [0.15, 0.2) is 24.3 Å². The second-order valence-electron chi connectivity index (χ2n) is 5.70. The molecule has 0 heterocycles. The summed E-state index contributed by atoms with van der Waals surface area (Å²) in [7, 11) is 0. The Hall–Kier alpha value is -2.05. The van der Waals surface area contributed by atoms with Gasteiger partial charge in [-0.3, -0.25) is 9.59 Å². The van der Waals surface area contributed by atoms with Crippen molar-refractivity contribution >= 4 is 11.9 Å². The Bertz CT molecular complexity index is 575. The van der Waals surface area contributed by atoms with Gasteiger partial charge >= 0.3 is 18.1 Å². The van der Waals surface area contributed by atoms with Gasteiger partial charge in [0, 0.05) is 0 Å². The SMILES string of the molecule is CCCOC(=O)C(CC)(CC)C(=O)OCc1ccc(C(F)(F)F)cc1. The van der Waals surface area contributed by atoms with E-state index in [1.54, 1.807) is 13.8 Å². The highest BCUT2D eigenvalue weighted by Gasteiger charge is 2.45. The van der Waals surface area contributed by atoms with Crippen molar-refractivity contribution in [1.82, 2.24) is 0 Å². The smallest absolute Gasteiger partial charge is 0.416 e. The Kier molecular flexibility index (Phi) is 7.45. The maximum Gasteiger partial charge on any atom is 0.416 e. The van der Waals surface area contributed by atoms with Gasteiger partial charge in [-0.2, -0.15) is 13.2 Å². The van der Waals surface area contributed by atoms with Crippen LogP contribution in [-0.4, -0.2) is 18.5 Å². The first-order valence-corrected chi connectivity index (χ1v) is 8.21. The molecule has 0 bridgehead atoms. The van der Waals surface area contributed by atoms with Crippen LogP contribution in [0, 0.1) is 5.41 Å². The van der Waals surface area contributed by atoms with Crippen LogP contribution in [0.1, 0.15) is 51.2 Å². The van der Waals surface area contributed by atoms with Crippen molar-refractivity contribution in [2.45, 2.75) is 52.8 Å². The molecule has 0 aliphatic heterocycles. The number of hydrogen-bond donors (Lipinski definition) is 0. The second-order valence-corrected chi connectivity index (χ2v) is 5.70. The Morgan fingerprint density at radius 3 is 1.88 bits per heavy atom. The molecule has 0 unspecified atom stereocenters. The Balaban J connectivity index is 2.79. The Morgan fingerprint density at radius 1 is 0.920 bits per heavy atom. The number of ether oxygens (including phenoxy) is 2. The minimum Gasteiger partial charge on any atom is -0.465 e. The Labute approximate surface area is 145 Å². The van der Waals surface area contributed by atoms with Gasteiger partial charge in [0.1, 0.15) is 6.61 Å². The highest BCUT2D eigenvalue weighted by Crippen LogP contribution is 2.31. The number of benzene rings is 1. The molecule has 25 heavy (non-hydrogen) atoms. The Morgan fingerprint density at radius 2 is 1.44 bits per heavy atom. The van der Waals surface area contributed by atoms with Gasteiger partial charge in [-0.25, -0.2) is 0 Å². The molecule has 0 saturated carbocycles. The summed E-state index contributed by atoms with van der Waals surface area (Å²) in [6, 6.07) is 4.33. The first-order chi connectivity index (χ1) is 11.7. The van der Waals surface area contributed by atoms with Gasteiger partial charge in [0.2, 0.25) is 0 Å². The summed E-state index contributed by atoms with van der Waals surface area (Å²) in [5, 5.41) is 0. The number of alkyl halides is 3. The molecule has 1 rings (SSSR count). The van der Waals surface area contributed by atoms with Crippen LogP contribution >= 0.6 is 0 Å². The lowest BCUT2D eigenvalue weighted by Crippen LogP contribution is -2.41. The largest absolute Gasteiger partial charge is 0.465 e. The van der Waals surface area contributed by atoms with Gasteiger partial charge in [-0.05, 0) is 37.0 Å². The zero-order valence-corrected chi connectivity index (χ0v) is 14.6. The van der Waals surface area contributed by atoms with Crippen LogP contribution < -0.4 is 0 Å². The fourth-order valence-electron chi connectivity index (χ4n) is 2.32. The molecule has 0 aromatic heterocycles. The summed E-state index contributed by atoms with van der Waals surface area (Å²) in [6.45, 7) is 5.23. The van der Waals surface area contributed by atoms with Crippen LogP contribution in [-0.2, 0) is 31.8 Å². The third-order valence-corrected chi connectivity index (χ3v) is 4.08. The number of hydrogen-bond acceptors (Lipinski definition) is 4. The van der Waals surface area contributed by atoms with Gasteiger partial charge in [-0.1, -0.05) is 32.9 Å². The fourth-order valence-corrected chi connectivity index (χ4v) is 2.32. The fraction of sp³-hybridized carbons (Fsp3) is 0.556. The van der Waals surface area contributed by atoms with E-state index in [0.717, 1.165) is 12.1 Å².